The van der Waals surface area contributed by atoms with Crippen LogP contribution in [0.15, 0.2) is 70.6 Å². The van der Waals surface area contributed by atoms with Crippen LogP contribution in [0.25, 0.3) is 17.1 Å². The van der Waals surface area contributed by atoms with Crippen LogP contribution in [0.3, 0.4) is 0 Å². The Bertz CT molecular complexity index is 1140. The summed E-state index contributed by atoms with van der Waals surface area (Å²) in [5.74, 6) is 0.794. The number of benzene rings is 2. The lowest BCUT2D eigenvalue weighted by molar-refractivity contribution is 0.0953. The minimum absolute atomic E-state index is 0.158. The van der Waals surface area contributed by atoms with Crippen molar-refractivity contribution in [1.29, 1.82) is 0 Å². The maximum Gasteiger partial charge on any atom is 0.251 e. The van der Waals surface area contributed by atoms with E-state index in [4.69, 9.17) is 16.1 Å². The second kappa shape index (κ2) is 9.15. The number of hydrogen-bond donors (Lipinski definition) is 1. The summed E-state index contributed by atoms with van der Waals surface area (Å²) in [5, 5.41) is 8.38. The number of carbonyl (C=O) groups is 1. The number of imidazole rings is 1. The summed E-state index contributed by atoms with van der Waals surface area (Å²) in [6.07, 6.45) is 6.06. The number of nitrogens with one attached hydrogen (secondary N) is 1. The number of hydrogen-bond acceptors (Lipinski definition) is 6. The SMILES string of the molecule is CSc1nccn1-c1ccc(C(=O)NCCc2nc(-c3ccc(Cl)cc3)no2)cc1. The maximum atomic E-state index is 12.4. The summed E-state index contributed by atoms with van der Waals surface area (Å²) in [5.41, 5.74) is 2.35. The summed E-state index contributed by atoms with van der Waals surface area (Å²) >= 11 is 7.46. The highest BCUT2D eigenvalue weighted by molar-refractivity contribution is 7.98. The fraction of sp³-hybridized carbons (Fsp3) is 0.143. The number of halogens is 1. The topological polar surface area (TPSA) is 85.8 Å². The van der Waals surface area contributed by atoms with Gasteiger partial charge >= 0.3 is 0 Å². The predicted molar refractivity (Wildman–Crippen MR) is 116 cm³/mol. The standard InChI is InChI=1S/C21H18ClN5O2S/c1-30-21-24-12-13-27(21)17-8-4-15(5-9-17)20(28)23-11-10-18-25-19(26-29-18)14-2-6-16(22)7-3-14/h2-9,12-13H,10-11H2,1H3,(H,23,28). The smallest absolute Gasteiger partial charge is 0.251 e. The Labute approximate surface area is 182 Å². The van der Waals surface area contributed by atoms with Gasteiger partial charge in [0.25, 0.3) is 5.91 Å². The monoisotopic (exact) mass is 439 g/mol. The molecule has 7 nitrogen and oxygen atoms in total. The molecular formula is C21H18ClN5O2S. The molecule has 152 valence electrons. The van der Waals surface area contributed by atoms with Gasteiger partial charge in [0.05, 0.1) is 0 Å². The lowest BCUT2D eigenvalue weighted by atomic mass is 10.2. The largest absolute Gasteiger partial charge is 0.352 e. The molecule has 0 atom stereocenters. The van der Waals surface area contributed by atoms with E-state index < -0.39 is 0 Å². The van der Waals surface area contributed by atoms with E-state index >= 15 is 0 Å². The van der Waals surface area contributed by atoms with Gasteiger partial charge in [0.15, 0.2) is 5.16 Å². The van der Waals surface area contributed by atoms with Crippen LogP contribution in [0.4, 0.5) is 0 Å². The third-order valence-electron chi connectivity index (χ3n) is 4.39. The quantitative estimate of drug-likeness (QED) is 0.433. The average molecular weight is 440 g/mol. The number of carbonyl (C=O) groups excluding carboxylic acids is 1. The molecule has 0 aliphatic carbocycles. The predicted octanol–water partition coefficient (Wildman–Crippen LogP) is 4.27. The van der Waals surface area contributed by atoms with Crippen LogP contribution < -0.4 is 5.32 Å². The van der Waals surface area contributed by atoms with Gasteiger partial charge in [-0.1, -0.05) is 28.5 Å². The van der Waals surface area contributed by atoms with Crippen molar-refractivity contribution in [1.82, 2.24) is 25.0 Å². The van der Waals surface area contributed by atoms with E-state index in [1.54, 1.807) is 42.2 Å². The zero-order valence-corrected chi connectivity index (χ0v) is 17.7. The Hall–Kier alpha value is -3.10. The molecule has 9 heteroatoms. The highest BCUT2D eigenvalue weighted by Gasteiger charge is 2.11. The normalized spacial score (nSPS) is 10.9. The first kappa shape index (κ1) is 20.2. The van der Waals surface area contributed by atoms with Gasteiger partial charge in [-0.05, 0) is 54.8 Å². The molecule has 0 aliphatic rings. The molecule has 2 heterocycles. The van der Waals surface area contributed by atoms with E-state index in [9.17, 15) is 4.79 Å². The summed E-state index contributed by atoms with van der Waals surface area (Å²) in [6.45, 7) is 0.390. The number of nitrogens with zero attached hydrogens (tertiary/aromatic N) is 4. The summed E-state index contributed by atoms with van der Waals surface area (Å²) in [7, 11) is 0. The number of amides is 1. The van der Waals surface area contributed by atoms with Crippen LogP contribution in [0.5, 0.6) is 0 Å². The van der Waals surface area contributed by atoms with Crippen molar-refractivity contribution >= 4 is 29.3 Å². The third-order valence-corrected chi connectivity index (χ3v) is 5.31. The van der Waals surface area contributed by atoms with Gasteiger partial charge in [-0.25, -0.2) is 4.98 Å². The van der Waals surface area contributed by atoms with Crippen molar-refractivity contribution in [2.24, 2.45) is 0 Å². The van der Waals surface area contributed by atoms with E-state index in [0.29, 0.717) is 35.3 Å². The molecule has 1 N–H and O–H groups in total. The van der Waals surface area contributed by atoms with Crippen LogP contribution in [0, 0.1) is 0 Å². The molecule has 2 aromatic heterocycles. The van der Waals surface area contributed by atoms with Gasteiger partial charge in [0.2, 0.25) is 11.7 Å². The fourth-order valence-corrected chi connectivity index (χ4v) is 3.52. The molecule has 0 spiro atoms. The molecule has 0 saturated carbocycles. The molecule has 0 radical (unpaired) electrons. The Kier molecular flexibility index (Phi) is 6.15. The van der Waals surface area contributed by atoms with Gasteiger partial charge in [-0.2, -0.15) is 4.98 Å². The molecule has 0 unspecified atom stereocenters. The maximum absolute atomic E-state index is 12.4. The molecule has 0 aliphatic heterocycles. The number of aromatic nitrogens is 4. The molecule has 0 bridgehead atoms. The van der Waals surface area contributed by atoms with Crippen LogP contribution in [0.2, 0.25) is 5.02 Å². The first-order chi connectivity index (χ1) is 14.6. The minimum Gasteiger partial charge on any atom is -0.352 e. The van der Waals surface area contributed by atoms with Crippen molar-refractivity contribution < 1.29 is 9.32 Å². The Balaban J connectivity index is 1.32. The lowest BCUT2D eigenvalue weighted by Gasteiger charge is -2.08. The van der Waals surface area contributed by atoms with Gasteiger partial charge in [0.1, 0.15) is 0 Å². The summed E-state index contributed by atoms with van der Waals surface area (Å²) < 4.78 is 7.23. The molecule has 1 amide bonds. The zero-order chi connectivity index (χ0) is 20.9. The van der Waals surface area contributed by atoms with Gasteiger partial charge < -0.3 is 9.84 Å². The van der Waals surface area contributed by atoms with Gasteiger partial charge in [0, 0.05) is 47.2 Å². The van der Waals surface area contributed by atoms with Crippen molar-refractivity contribution in [2.45, 2.75) is 11.6 Å². The molecule has 4 rings (SSSR count). The van der Waals surface area contributed by atoms with Crippen LogP contribution in [-0.4, -0.2) is 38.4 Å². The Morgan fingerprint density at radius 2 is 1.93 bits per heavy atom. The average Bonchev–Trinajstić information content (AvgIpc) is 3.44. The van der Waals surface area contributed by atoms with E-state index in [-0.39, 0.29) is 5.91 Å². The fourth-order valence-electron chi connectivity index (χ4n) is 2.87. The van der Waals surface area contributed by atoms with Crippen molar-refractivity contribution in [3.8, 4) is 17.1 Å². The van der Waals surface area contributed by atoms with Crippen LogP contribution in [0.1, 0.15) is 16.2 Å². The van der Waals surface area contributed by atoms with Crippen LogP contribution in [-0.2, 0) is 6.42 Å². The number of thioether (sulfide) groups is 1. The van der Waals surface area contributed by atoms with Gasteiger partial charge in [-0.3, -0.25) is 9.36 Å². The lowest BCUT2D eigenvalue weighted by Crippen LogP contribution is -2.25. The van der Waals surface area contributed by atoms with Gasteiger partial charge in [-0.15, -0.1) is 0 Å². The van der Waals surface area contributed by atoms with Crippen molar-refractivity contribution in [2.75, 3.05) is 12.8 Å². The molecular weight excluding hydrogens is 422 g/mol. The van der Waals surface area contributed by atoms with Crippen molar-refractivity contribution in [3.63, 3.8) is 0 Å². The number of rotatable bonds is 7. The zero-order valence-electron chi connectivity index (χ0n) is 16.1. The van der Waals surface area contributed by atoms with E-state index in [1.165, 1.54) is 0 Å². The van der Waals surface area contributed by atoms with Crippen molar-refractivity contribution in [3.05, 3.63) is 77.4 Å². The second-order valence-corrected chi connectivity index (χ2v) is 7.57. The second-order valence-electron chi connectivity index (χ2n) is 6.36. The first-order valence-corrected chi connectivity index (χ1v) is 10.8. The van der Waals surface area contributed by atoms with E-state index in [1.807, 2.05) is 41.3 Å². The Morgan fingerprint density at radius 3 is 2.67 bits per heavy atom. The van der Waals surface area contributed by atoms with E-state index in [2.05, 4.69) is 20.4 Å². The highest BCUT2D eigenvalue weighted by atomic mass is 35.5. The molecule has 30 heavy (non-hydrogen) atoms. The minimum atomic E-state index is -0.158. The molecule has 2 aromatic carbocycles. The summed E-state index contributed by atoms with van der Waals surface area (Å²) in [6, 6.07) is 14.6. The third kappa shape index (κ3) is 4.55. The first-order valence-electron chi connectivity index (χ1n) is 9.18. The Morgan fingerprint density at radius 1 is 1.17 bits per heavy atom. The highest BCUT2D eigenvalue weighted by Crippen LogP contribution is 2.19. The molecule has 0 saturated heterocycles. The summed E-state index contributed by atoms with van der Waals surface area (Å²) in [4.78, 5) is 21.0. The van der Waals surface area contributed by atoms with Crippen LogP contribution >= 0.6 is 23.4 Å². The van der Waals surface area contributed by atoms with E-state index in [0.717, 1.165) is 16.4 Å². The molecule has 4 aromatic rings. The molecule has 0 fully saturated rings.